The number of hydrogen-bond donors (Lipinski definition) is 2. The first-order valence-corrected chi connectivity index (χ1v) is 6.44. The maximum Gasteiger partial charge on any atom is 0.335 e. The van der Waals surface area contributed by atoms with Crippen LogP contribution >= 0.6 is 0 Å². The molecule has 2 rings (SSSR count). The Morgan fingerprint density at radius 2 is 2.00 bits per heavy atom. The Labute approximate surface area is 112 Å². The molecule has 2 aromatic rings. The first kappa shape index (κ1) is 13.6. The number of rotatable bonds is 4. The van der Waals surface area contributed by atoms with Crippen molar-refractivity contribution < 1.29 is 15.0 Å². The van der Waals surface area contributed by atoms with Gasteiger partial charge in [-0.2, -0.15) is 0 Å². The van der Waals surface area contributed by atoms with Gasteiger partial charge in [0.05, 0.1) is 11.7 Å². The topological polar surface area (TPSA) is 62.5 Å². The van der Waals surface area contributed by atoms with Crippen LogP contribution in [0.4, 0.5) is 0 Å². The van der Waals surface area contributed by atoms with E-state index in [4.69, 9.17) is 5.11 Å². The summed E-state index contributed by atoms with van der Waals surface area (Å²) >= 11 is 0. The molecule has 1 unspecified atom stereocenters. The number of fused-ring (bicyclic) bond motifs is 1. The van der Waals surface area contributed by atoms with Gasteiger partial charge in [0.2, 0.25) is 0 Å². The zero-order chi connectivity index (χ0) is 14.2. The molecule has 102 valence electrons. The lowest BCUT2D eigenvalue weighted by molar-refractivity contribution is 0.0697. The van der Waals surface area contributed by atoms with E-state index in [9.17, 15) is 9.90 Å². The first-order valence-electron chi connectivity index (χ1n) is 6.44. The fourth-order valence-corrected chi connectivity index (χ4v) is 2.34. The summed E-state index contributed by atoms with van der Waals surface area (Å²) in [5.41, 5.74) is 1.99. The quantitative estimate of drug-likeness (QED) is 0.889. The van der Waals surface area contributed by atoms with Crippen LogP contribution in [-0.2, 0) is 6.54 Å². The highest BCUT2D eigenvalue weighted by molar-refractivity contribution is 5.95. The van der Waals surface area contributed by atoms with Gasteiger partial charge in [0.1, 0.15) is 0 Å². The SMILES string of the molecule is CC(C)Cn1cc(C(C)O)c2cc(C(=O)O)ccc21. The van der Waals surface area contributed by atoms with Gasteiger partial charge in [-0.05, 0) is 31.0 Å². The van der Waals surface area contributed by atoms with Crippen molar-refractivity contribution in [3.8, 4) is 0 Å². The minimum Gasteiger partial charge on any atom is -0.478 e. The van der Waals surface area contributed by atoms with Crippen molar-refractivity contribution in [3.05, 3.63) is 35.5 Å². The van der Waals surface area contributed by atoms with Gasteiger partial charge in [0.15, 0.2) is 0 Å². The van der Waals surface area contributed by atoms with Crippen molar-refractivity contribution in [2.24, 2.45) is 5.92 Å². The number of carboxylic acids is 1. The molecule has 0 saturated carbocycles. The van der Waals surface area contributed by atoms with Crippen molar-refractivity contribution in [1.29, 1.82) is 0 Å². The Bertz CT molecular complexity index is 611. The summed E-state index contributed by atoms with van der Waals surface area (Å²) < 4.78 is 2.08. The average molecular weight is 261 g/mol. The number of aromatic nitrogens is 1. The maximum absolute atomic E-state index is 11.0. The Morgan fingerprint density at radius 3 is 2.53 bits per heavy atom. The van der Waals surface area contributed by atoms with E-state index in [1.165, 1.54) is 0 Å². The van der Waals surface area contributed by atoms with Gasteiger partial charge in [0, 0.05) is 29.2 Å². The van der Waals surface area contributed by atoms with Crippen molar-refractivity contribution in [3.63, 3.8) is 0 Å². The summed E-state index contributed by atoms with van der Waals surface area (Å²) in [6.45, 7) is 6.79. The van der Waals surface area contributed by atoms with E-state index in [-0.39, 0.29) is 5.56 Å². The Kier molecular flexibility index (Phi) is 3.62. The summed E-state index contributed by atoms with van der Waals surface area (Å²) in [5.74, 6) is -0.466. The minimum atomic E-state index is -0.949. The molecule has 2 N–H and O–H groups in total. The van der Waals surface area contributed by atoms with E-state index >= 15 is 0 Å². The van der Waals surface area contributed by atoms with Crippen molar-refractivity contribution in [1.82, 2.24) is 4.57 Å². The molecule has 0 amide bonds. The molecule has 0 fully saturated rings. The molecule has 0 aliphatic carbocycles. The summed E-state index contributed by atoms with van der Waals surface area (Å²) in [6.07, 6.45) is 1.31. The van der Waals surface area contributed by atoms with Gasteiger partial charge in [-0.1, -0.05) is 13.8 Å². The van der Waals surface area contributed by atoms with Crippen LogP contribution in [-0.4, -0.2) is 20.7 Å². The molecule has 1 heterocycles. The van der Waals surface area contributed by atoms with Crippen LogP contribution in [0.25, 0.3) is 10.9 Å². The fraction of sp³-hybridized carbons (Fsp3) is 0.400. The monoisotopic (exact) mass is 261 g/mol. The predicted molar refractivity (Wildman–Crippen MR) is 74.4 cm³/mol. The Balaban J connectivity index is 2.64. The molecular formula is C15H19NO3. The van der Waals surface area contributed by atoms with Crippen LogP contribution in [0.3, 0.4) is 0 Å². The number of carboxylic acid groups (broad SMARTS) is 1. The van der Waals surface area contributed by atoms with E-state index in [1.807, 2.05) is 12.3 Å². The van der Waals surface area contributed by atoms with Crippen molar-refractivity contribution in [2.75, 3.05) is 0 Å². The molecule has 0 radical (unpaired) electrons. The van der Waals surface area contributed by atoms with E-state index in [1.54, 1.807) is 19.1 Å². The molecule has 1 aromatic heterocycles. The number of nitrogens with zero attached hydrogens (tertiary/aromatic N) is 1. The summed E-state index contributed by atoms with van der Waals surface area (Å²) in [6, 6.07) is 5.05. The molecule has 4 heteroatoms. The number of aliphatic hydroxyl groups is 1. The highest BCUT2D eigenvalue weighted by Gasteiger charge is 2.15. The average Bonchev–Trinajstić information content (AvgIpc) is 2.66. The third-order valence-electron chi connectivity index (χ3n) is 3.17. The van der Waals surface area contributed by atoms with Gasteiger partial charge in [0.25, 0.3) is 0 Å². The lowest BCUT2D eigenvalue weighted by Crippen LogP contribution is -2.03. The second-order valence-electron chi connectivity index (χ2n) is 5.34. The number of carbonyl (C=O) groups is 1. The van der Waals surface area contributed by atoms with Crippen molar-refractivity contribution in [2.45, 2.75) is 33.4 Å². The number of benzene rings is 1. The fourth-order valence-electron chi connectivity index (χ4n) is 2.34. The molecule has 0 bridgehead atoms. The third-order valence-corrected chi connectivity index (χ3v) is 3.17. The smallest absolute Gasteiger partial charge is 0.335 e. The molecular weight excluding hydrogens is 242 g/mol. The molecule has 1 aromatic carbocycles. The van der Waals surface area contributed by atoms with E-state index in [2.05, 4.69) is 18.4 Å². The standard InChI is InChI=1S/C15H19NO3/c1-9(2)7-16-8-13(10(3)17)12-6-11(15(18)19)4-5-14(12)16/h4-6,8-10,17H,7H2,1-3H3,(H,18,19). The van der Waals surface area contributed by atoms with E-state index < -0.39 is 12.1 Å². The van der Waals surface area contributed by atoms with Crippen LogP contribution in [0.2, 0.25) is 0 Å². The van der Waals surface area contributed by atoms with Crippen LogP contribution in [0.5, 0.6) is 0 Å². The van der Waals surface area contributed by atoms with Crippen LogP contribution < -0.4 is 0 Å². The molecule has 19 heavy (non-hydrogen) atoms. The largest absolute Gasteiger partial charge is 0.478 e. The second kappa shape index (κ2) is 5.05. The van der Waals surface area contributed by atoms with Crippen LogP contribution in [0.1, 0.15) is 42.8 Å². The molecule has 0 spiro atoms. The Hall–Kier alpha value is -1.81. The highest BCUT2D eigenvalue weighted by Crippen LogP contribution is 2.28. The molecule has 0 aliphatic heterocycles. The predicted octanol–water partition coefficient (Wildman–Crippen LogP) is 3.05. The number of hydrogen-bond acceptors (Lipinski definition) is 2. The molecule has 1 atom stereocenters. The van der Waals surface area contributed by atoms with E-state index in [0.29, 0.717) is 5.92 Å². The Morgan fingerprint density at radius 1 is 1.32 bits per heavy atom. The molecule has 0 aliphatic rings. The maximum atomic E-state index is 11.0. The number of aliphatic hydroxyl groups excluding tert-OH is 1. The van der Waals surface area contributed by atoms with Gasteiger partial charge in [-0.15, -0.1) is 0 Å². The zero-order valence-electron chi connectivity index (χ0n) is 11.4. The van der Waals surface area contributed by atoms with Crippen LogP contribution in [0, 0.1) is 5.92 Å². The van der Waals surface area contributed by atoms with E-state index in [0.717, 1.165) is 23.0 Å². The van der Waals surface area contributed by atoms with Crippen LogP contribution in [0.15, 0.2) is 24.4 Å². The minimum absolute atomic E-state index is 0.247. The summed E-state index contributed by atoms with van der Waals surface area (Å²) in [7, 11) is 0. The normalized spacial score (nSPS) is 13.1. The third kappa shape index (κ3) is 2.63. The molecule has 4 nitrogen and oxygen atoms in total. The second-order valence-corrected chi connectivity index (χ2v) is 5.34. The lowest BCUT2D eigenvalue weighted by atomic mass is 10.1. The van der Waals surface area contributed by atoms with Gasteiger partial charge >= 0.3 is 5.97 Å². The van der Waals surface area contributed by atoms with Gasteiger partial charge in [-0.3, -0.25) is 0 Å². The summed E-state index contributed by atoms with van der Waals surface area (Å²) in [5, 5.41) is 19.7. The van der Waals surface area contributed by atoms with Crippen molar-refractivity contribution >= 4 is 16.9 Å². The first-order chi connectivity index (χ1) is 8.90. The molecule has 0 saturated heterocycles. The number of aromatic carboxylic acids is 1. The van der Waals surface area contributed by atoms with Gasteiger partial charge < -0.3 is 14.8 Å². The zero-order valence-corrected chi connectivity index (χ0v) is 11.4. The highest BCUT2D eigenvalue weighted by atomic mass is 16.4. The lowest BCUT2D eigenvalue weighted by Gasteiger charge is -2.08. The van der Waals surface area contributed by atoms with Gasteiger partial charge in [-0.25, -0.2) is 4.79 Å². The summed E-state index contributed by atoms with van der Waals surface area (Å²) in [4.78, 5) is 11.0.